The van der Waals surface area contributed by atoms with Gasteiger partial charge in [0.15, 0.2) is 0 Å². The summed E-state index contributed by atoms with van der Waals surface area (Å²) in [7, 11) is 0. The molecule has 0 aliphatic rings. The van der Waals surface area contributed by atoms with Gasteiger partial charge in [0.05, 0.1) is 0 Å². The highest BCUT2D eigenvalue weighted by atomic mass is 14.8. The van der Waals surface area contributed by atoms with Gasteiger partial charge >= 0.3 is 0 Å². The van der Waals surface area contributed by atoms with Crippen LogP contribution in [0.1, 0.15) is 12.5 Å². The predicted molar refractivity (Wildman–Crippen MR) is 48.1 cm³/mol. The fourth-order valence-electron chi connectivity index (χ4n) is 0.890. The molecule has 0 spiro atoms. The first-order chi connectivity index (χ1) is 5.43. The summed E-state index contributed by atoms with van der Waals surface area (Å²) in [5, 5.41) is 3.17. The molecule has 0 bridgehead atoms. The van der Waals surface area contributed by atoms with Gasteiger partial charge in [-0.3, -0.25) is 0 Å². The van der Waals surface area contributed by atoms with Crippen molar-refractivity contribution in [3.05, 3.63) is 48.2 Å². The van der Waals surface area contributed by atoms with Gasteiger partial charge in [-0.2, -0.15) is 0 Å². The highest BCUT2D eigenvalue weighted by molar-refractivity contribution is 5.14. The number of rotatable bonds is 3. The fourth-order valence-corrected chi connectivity index (χ4v) is 0.890. The molecule has 0 fully saturated rings. The Morgan fingerprint density at radius 3 is 2.64 bits per heavy atom. The van der Waals surface area contributed by atoms with E-state index >= 15 is 0 Å². The Balaban J connectivity index is 2.39. The van der Waals surface area contributed by atoms with Crippen molar-refractivity contribution in [3.8, 4) is 0 Å². The molecule has 0 radical (unpaired) electrons. The molecule has 0 saturated carbocycles. The molecule has 0 unspecified atom stereocenters. The van der Waals surface area contributed by atoms with Gasteiger partial charge in [-0.1, -0.05) is 36.4 Å². The van der Waals surface area contributed by atoms with Crippen LogP contribution in [0.25, 0.3) is 0 Å². The zero-order valence-corrected chi connectivity index (χ0v) is 6.75. The molecule has 0 atom stereocenters. The van der Waals surface area contributed by atoms with Crippen LogP contribution in [0.4, 0.5) is 0 Å². The van der Waals surface area contributed by atoms with Crippen LogP contribution in [0.2, 0.25) is 0 Å². The van der Waals surface area contributed by atoms with Gasteiger partial charge < -0.3 is 5.32 Å². The first kappa shape index (κ1) is 7.86. The Morgan fingerprint density at radius 2 is 2.00 bits per heavy atom. The summed E-state index contributed by atoms with van der Waals surface area (Å²) < 4.78 is 0. The third-order valence-corrected chi connectivity index (χ3v) is 1.43. The van der Waals surface area contributed by atoms with E-state index in [1.165, 1.54) is 5.56 Å². The molecule has 11 heavy (non-hydrogen) atoms. The molecule has 0 amide bonds. The van der Waals surface area contributed by atoms with Crippen molar-refractivity contribution >= 4 is 0 Å². The number of allylic oxidation sites excluding steroid dienone is 1. The average molecular weight is 147 g/mol. The largest absolute Gasteiger partial charge is 0.387 e. The van der Waals surface area contributed by atoms with Gasteiger partial charge in [-0.05, 0) is 18.7 Å². The third kappa shape index (κ3) is 2.89. The minimum atomic E-state index is 0.908. The van der Waals surface area contributed by atoms with Gasteiger partial charge in [0.2, 0.25) is 0 Å². The van der Waals surface area contributed by atoms with Gasteiger partial charge in [-0.25, -0.2) is 0 Å². The molecule has 0 heterocycles. The monoisotopic (exact) mass is 147 g/mol. The average Bonchev–Trinajstić information content (AvgIpc) is 2.07. The summed E-state index contributed by atoms with van der Waals surface area (Å²) in [4.78, 5) is 0. The van der Waals surface area contributed by atoms with Gasteiger partial charge in [0.1, 0.15) is 0 Å². The maximum absolute atomic E-state index is 3.17. The van der Waals surface area contributed by atoms with Crippen molar-refractivity contribution in [1.29, 1.82) is 0 Å². The van der Waals surface area contributed by atoms with Gasteiger partial charge in [0, 0.05) is 6.54 Å². The molecule has 1 aromatic carbocycles. The first-order valence-electron chi connectivity index (χ1n) is 3.82. The lowest BCUT2D eigenvalue weighted by Crippen LogP contribution is -2.03. The quantitative estimate of drug-likeness (QED) is 0.691. The first-order valence-corrected chi connectivity index (χ1v) is 3.82. The molecule has 0 aromatic heterocycles. The van der Waals surface area contributed by atoms with E-state index < -0.39 is 0 Å². The van der Waals surface area contributed by atoms with E-state index in [-0.39, 0.29) is 0 Å². The van der Waals surface area contributed by atoms with E-state index in [0.29, 0.717) is 0 Å². The Hall–Kier alpha value is -1.24. The molecule has 1 heteroatoms. The fraction of sp³-hybridized carbons (Fsp3) is 0.200. The standard InChI is InChI=1S/C10H13N/c1-2-8-11-9-10-6-4-3-5-7-10/h2-8,11H,9H2,1H3/b8-2+. The molecule has 1 N–H and O–H groups in total. The number of hydrogen-bond acceptors (Lipinski definition) is 1. The Bertz CT molecular complexity index is 214. The molecule has 0 saturated heterocycles. The number of nitrogens with one attached hydrogen (secondary N) is 1. The summed E-state index contributed by atoms with van der Waals surface area (Å²) in [6, 6.07) is 10.3. The maximum Gasteiger partial charge on any atom is 0.0395 e. The number of hydrogen-bond donors (Lipinski definition) is 1. The highest BCUT2D eigenvalue weighted by Crippen LogP contribution is 1.96. The summed E-state index contributed by atoms with van der Waals surface area (Å²) in [5.74, 6) is 0. The molecule has 0 aliphatic heterocycles. The Kier molecular flexibility index (Phi) is 3.26. The topological polar surface area (TPSA) is 12.0 Å². The van der Waals surface area contributed by atoms with Crippen molar-refractivity contribution in [2.45, 2.75) is 13.5 Å². The lowest BCUT2D eigenvalue weighted by molar-refractivity contribution is 0.868. The summed E-state index contributed by atoms with van der Waals surface area (Å²) in [5.41, 5.74) is 1.31. The van der Waals surface area contributed by atoms with Crippen LogP contribution >= 0.6 is 0 Å². The van der Waals surface area contributed by atoms with Crippen LogP contribution in [0.5, 0.6) is 0 Å². The molecule has 1 rings (SSSR count). The molecular formula is C10H13N. The van der Waals surface area contributed by atoms with E-state index in [0.717, 1.165) is 6.54 Å². The third-order valence-electron chi connectivity index (χ3n) is 1.43. The van der Waals surface area contributed by atoms with E-state index in [4.69, 9.17) is 0 Å². The van der Waals surface area contributed by atoms with Gasteiger partial charge in [0.25, 0.3) is 0 Å². The minimum absolute atomic E-state index is 0.908. The van der Waals surface area contributed by atoms with E-state index in [9.17, 15) is 0 Å². The molecule has 58 valence electrons. The smallest absolute Gasteiger partial charge is 0.0395 e. The maximum atomic E-state index is 3.17. The van der Waals surface area contributed by atoms with Crippen LogP contribution in [0, 0.1) is 0 Å². The molecule has 0 aliphatic carbocycles. The van der Waals surface area contributed by atoms with Crippen LogP contribution in [-0.2, 0) is 6.54 Å². The second kappa shape index (κ2) is 4.56. The molecule has 1 aromatic rings. The number of benzene rings is 1. The van der Waals surface area contributed by atoms with Crippen molar-refractivity contribution in [2.24, 2.45) is 0 Å². The predicted octanol–water partition coefficient (Wildman–Crippen LogP) is 2.31. The van der Waals surface area contributed by atoms with Crippen LogP contribution in [0.3, 0.4) is 0 Å². The lowest BCUT2D eigenvalue weighted by Gasteiger charge is -1.98. The van der Waals surface area contributed by atoms with Crippen molar-refractivity contribution in [2.75, 3.05) is 0 Å². The zero-order chi connectivity index (χ0) is 7.94. The Labute approximate surface area is 67.8 Å². The zero-order valence-electron chi connectivity index (χ0n) is 6.75. The summed E-state index contributed by atoms with van der Waals surface area (Å²) in [6.07, 6.45) is 3.94. The molecule has 1 nitrogen and oxygen atoms in total. The van der Waals surface area contributed by atoms with Gasteiger partial charge in [-0.15, -0.1) is 0 Å². The highest BCUT2D eigenvalue weighted by Gasteiger charge is 1.84. The van der Waals surface area contributed by atoms with E-state index in [1.807, 2.05) is 37.4 Å². The second-order valence-corrected chi connectivity index (χ2v) is 2.37. The Morgan fingerprint density at radius 1 is 1.27 bits per heavy atom. The van der Waals surface area contributed by atoms with Crippen LogP contribution in [-0.4, -0.2) is 0 Å². The summed E-state index contributed by atoms with van der Waals surface area (Å²) >= 11 is 0. The molecular weight excluding hydrogens is 134 g/mol. The van der Waals surface area contributed by atoms with Crippen LogP contribution < -0.4 is 5.32 Å². The van der Waals surface area contributed by atoms with Crippen molar-refractivity contribution in [3.63, 3.8) is 0 Å². The summed E-state index contributed by atoms with van der Waals surface area (Å²) in [6.45, 7) is 2.91. The second-order valence-electron chi connectivity index (χ2n) is 2.37. The SMILES string of the molecule is C/C=C/NCc1ccccc1. The lowest BCUT2D eigenvalue weighted by atomic mass is 10.2. The van der Waals surface area contributed by atoms with E-state index in [1.54, 1.807) is 0 Å². The van der Waals surface area contributed by atoms with Crippen LogP contribution in [0.15, 0.2) is 42.6 Å². The van der Waals surface area contributed by atoms with Crippen molar-refractivity contribution < 1.29 is 0 Å². The minimum Gasteiger partial charge on any atom is -0.387 e. The van der Waals surface area contributed by atoms with Crippen molar-refractivity contribution in [1.82, 2.24) is 5.32 Å². The normalized spacial score (nSPS) is 10.3. The van der Waals surface area contributed by atoms with E-state index in [2.05, 4.69) is 17.4 Å².